The van der Waals surface area contributed by atoms with Crippen LogP contribution in [0.25, 0.3) is 0 Å². The van der Waals surface area contributed by atoms with Crippen molar-refractivity contribution < 1.29 is 20.1 Å². The summed E-state index contributed by atoms with van der Waals surface area (Å²) in [5.41, 5.74) is 0.295. The average molecular weight is 421 g/mol. The van der Waals surface area contributed by atoms with E-state index in [9.17, 15) is 15.0 Å². The van der Waals surface area contributed by atoms with Crippen LogP contribution in [0.4, 0.5) is 0 Å². The van der Waals surface area contributed by atoms with Gasteiger partial charge in [0, 0.05) is 6.42 Å². The summed E-state index contributed by atoms with van der Waals surface area (Å²) in [6.45, 7) is 7.35. The van der Waals surface area contributed by atoms with Gasteiger partial charge in [-0.05, 0) is 104 Å². The van der Waals surface area contributed by atoms with Crippen molar-refractivity contribution in [3.63, 3.8) is 0 Å². The lowest BCUT2D eigenvalue weighted by molar-refractivity contribution is -0.168. The quantitative estimate of drug-likeness (QED) is 0.522. The van der Waals surface area contributed by atoms with E-state index in [0.29, 0.717) is 47.3 Å². The minimum atomic E-state index is -0.677. The van der Waals surface area contributed by atoms with Crippen LogP contribution in [0.2, 0.25) is 0 Å². The smallest absolute Gasteiger partial charge is 0.303 e. The molecular formula is C26H44O4. The molecule has 4 fully saturated rings. The molecule has 11 atom stereocenters. The van der Waals surface area contributed by atoms with Crippen molar-refractivity contribution in [1.82, 2.24) is 0 Å². The number of aliphatic carboxylic acids is 1. The van der Waals surface area contributed by atoms with Crippen LogP contribution in [0.15, 0.2) is 0 Å². The molecule has 4 aliphatic carbocycles. The molecule has 0 aromatic rings. The van der Waals surface area contributed by atoms with Crippen molar-refractivity contribution in [2.75, 3.05) is 0 Å². The molecule has 0 amide bonds. The summed E-state index contributed by atoms with van der Waals surface area (Å²) in [5, 5.41) is 30.4. The molecular weight excluding hydrogens is 376 g/mol. The number of hydrogen-bond donors (Lipinski definition) is 3. The van der Waals surface area contributed by atoms with Gasteiger partial charge in [0.15, 0.2) is 0 Å². The Kier molecular flexibility index (Phi) is 6.57. The maximum atomic E-state index is 11.3. The van der Waals surface area contributed by atoms with Gasteiger partial charge in [0.05, 0.1) is 12.2 Å². The van der Waals surface area contributed by atoms with E-state index in [0.717, 1.165) is 56.8 Å². The second-order valence-corrected chi connectivity index (χ2v) is 11.9. The second-order valence-electron chi connectivity index (χ2n) is 11.9. The van der Waals surface area contributed by atoms with Crippen LogP contribution in [-0.2, 0) is 4.79 Å². The molecule has 0 spiro atoms. The van der Waals surface area contributed by atoms with E-state index in [1.165, 1.54) is 19.3 Å². The Morgan fingerprint density at radius 1 is 1.07 bits per heavy atom. The monoisotopic (exact) mass is 420 g/mol. The molecule has 4 rings (SSSR count). The zero-order chi connectivity index (χ0) is 21.6. The highest BCUT2D eigenvalue weighted by atomic mass is 16.4. The van der Waals surface area contributed by atoms with E-state index in [-0.39, 0.29) is 12.2 Å². The van der Waals surface area contributed by atoms with E-state index >= 15 is 0 Å². The van der Waals surface area contributed by atoms with Crippen LogP contribution in [-0.4, -0.2) is 33.5 Å². The average Bonchev–Trinajstić information content (AvgIpc) is 3.13. The first-order valence-electron chi connectivity index (χ1n) is 12.8. The number of unbranched alkanes of at least 4 members (excludes halogenated alkanes) is 1. The Morgan fingerprint density at radius 3 is 2.57 bits per heavy atom. The summed E-state index contributed by atoms with van der Waals surface area (Å²) in [6, 6.07) is 0. The standard InChI is InChI=1S/C26H44O4/c1-15(6-4-5-7-23(29)30)19-8-9-20-24(19)16(2)12-21-25(20)22(28)14-17-13-18(27)10-11-26(17,21)3/h15-22,24-25,27-28H,4-14H2,1-3H3,(H,29,30)/t15-,16-,17+,18-,19-,20-,21+,22-,24-,25+,26+/m1/s1. The number of carbonyl (C=O) groups is 1. The van der Waals surface area contributed by atoms with E-state index < -0.39 is 5.97 Å². The molecule has 3 N–H and O–H groups in total. The van der Waals surface area contributed by atoms with Crippen LogP contribution < -0.4 is 0 Å². The van der Waals surface area contributed by atoms with Gasteiger partial charge in [-0.3, -0.25) is 4.79 Å². The molecule has 0 aromatic carbocycles. The summed E-state index contributed by atoms with van der Waals surface area (Å²) in [6.07, 6.45) is 10.5. The van der Waals surface area contributed by atoms with Crippen LogP contribution in [0.1, 0.15) is 91.4 Å². The summed E-state index contributed by atoms with van der Waals surface area (Å²) in [4.78, 5) is 10.8. The maximum Gasteiger partial charge on any atom is 0.303 e. The van der Waals surface area contributed by atoms with Crippen molar-refractivity contribution in [3.05, 3.63) is 0 Å². The molecule has 0 aromatic heterocycles. The number of fused-ring (bicyclic) bond motifs is 5. The molecule has 30 heavy (non-hydrogen) atoms. The van der Waals surface area contributed by atoms with Gasteiger partial charge in [-0.2, -0.15) is 0 Å². The van der Waals surface area contributed by atoms with E-state index in [2.05, 4.69) is 20.8 Å². The number of carboxylic acids is 1. The van der Waals surface area contributed by atoms with Gasteiger partial charge in [0.2, 0.25) is 0 Å². The highest BCUT2D eigenvalue weighted by Crippen LogP contribution is 2.65. The number of carboxylic acid groups (broad SMARTS) is 1. The lowest BCUT2D eigenvalue weighted by Gasteiger charge is -2.61. The second kappa shape index (κ2) is 8.73. The van der Waals surface area contributed by atoms with Crippen molar-refractivity contribution in [3.8, 4) is 0 Å². The van der Waals surface area contributed by atoms with Gasteiger partial charge in [-0.1, -0.05) is 33.6 Å². The van der Waals surface area contributed by atoms with Crippen molar-refractivity contribution >= 4 is 5.97 Å². The molecule has 0 saturated heterocycles. The fraction of sp³-hybridized carbons (Fsp3) is 0.962. The molecule has 4 nitrogen and oxygen atoms in total. The Labute approximate surface area is 182 Å². The van der Waals surface area contributed by atoms with Gasteiger partial charge >= 0.3 is 5.97 Å². The number of hydrogen-bond acceptors (Lipinski definition) is 3. The number of aliphatic hydroxyl groups excluding tert-OH is 2. The highest BCUT2D eigenvalue weighted by molar-refractivity contribution is 5.66. The first-order valence-corrected chi connectivity index (χ1v) is 12.8. The Balaban J connectivity index is 1.46. The first kappa shape index (κ1) is 22.6. The molecule has 4 aliphatic rings. The lowest BCUT2D eigenvalue weighted by Crippen LogP contribution is -2.58. The predicted octanol–water partition coefficient (Wildman–Crippen LogP) is 5.11. The topological polar surface area (TPSA) is 77.8 Å². The molecule has 4 saturated carbocycles. The number of aliphatic hydroxyl groups is 2. The fourth-order valence-corrected chi connectivity index (χ4v) is 8.98. The maximum absolute atomic E-state index is 11.3. The zero-order valence-corrected chi connectivity index (χ0v) is 19.3. The summed E-state index contributed by atoms with van der Waals surface area (Å²) < 4.78 is 0. The van der Waals surface area contributed by atoms with Crippen LogP contribution in [0.3, 0.4) is 0 Å². The van der Waals surface area contributed by atoms with E-state index in [1.807, 2.05) is 0 Å². The molecule has 0 radical (unpaired) electrons. The van der Waals surface area contributed by atoms with Crippen molar-refractivity contribution in [1.29, 1.82) is 0 Å². The third kappa shape index (κ3) is 3.96. The minimum absolute atomic E-state index is 0.168. The highest BCUT2D eigenvalue weighted by Gasteiger charge is 2.60. The zero-order valence-electron chi connectivity index (χ0n) is 19.3. The molecule has 0 unspecified atom stereocenters. The van der Waals surface area contributed by atoms with E-state index in [4.69, 9.17) is 5.11 Å². The molecule has 4 heteroatoms. The number of rotatable bonds is 6. The lowest BCUT2D eigenvalue weighted by atomic mass is 9.44. The fourth-order valence-electron chi connectivity index (χ4n) is 8.98. The largest absolute Gasteiger partial charge is 0.481 e. The summed E-state index contributed by atoms with van der Waals surface area (Å²) in [7, 11) is 0. The van der Waals surface area contributed by atoms with E-state index in [1.54, 1.807) is 0 Å². The third-order valence-electron chi connectivity index (χ3n) is 10.4. The first-order chi connectivity index (χ1) is 14.2. The molecule has 0 heterocycles. The third-order valence-corrected chi connectivity index (χ3v) is 10.4. The molecule has 172 valence electrons. The normalized spacial score (nSPS) is 49.0. The predicted molar refractivity (Wildman–Crippen MR) is 118 cm³/mol. The van der Waals surface area contributed by atoms with Crippen LogP contribution in [0.5, 0.6) is 0 Å². The van der Waals surface area contributed by atoms with Crippen LogP contribution in [0, 0.1) is 52.8 Å². The summed E-state index contributed by atoms with van der Waals surface area (Å²) >= 11 is 0. The Bertz CT molecular complexity index is 620. The van der Waals surface area contributed by atoms with Gasteiger partial charge < -0.3 is 15.3 Å². The minimum Gasteiger partial charge on any atom is -0.481 e. The van der Waals surface area contributed by atoms with Crippen LogP contribution >= 0.6 is 0 Å². The van der Waals surface area contributed by atoms with Gasteiger partial charge in [0.25, 0.3) is 0 Å². The Morgan fingerprint density at radius 2 is 1.83 bits per heavy atom. The van der Waals surface area contributed by atoms with Crippen molar-refractivity contribution in [2.45, 2.75) is 104 Å². The van der Waals surface area contributed by atoms with Gasteiger partial charge in [0.1, 0.15) is 0 Å². The Hall–Kier alpha value is -0.610. The SMILES string of the molecule is C[C@H](CCCCC(=O)O)[C@H]1CC[C@@H]2[C@@H]1[C@H](C)C[C@H]1[C@H]2[C@H](O)C[C@@H]2C[C@H](O)CC[C@@]21C. The molecule has 0 bridgehead atoms. The van der Waals surface area contributed by atoms with Gasteiger partial charge in [-0.25, -0.2) is 0 Å². The molecule has 0 aliphatic heterocycles. The summed E-state index contributed by atoms with van der Waals surface area (Å²) in [5.74, 6) is 4.35. The van der Waals surface area contributed by atoms with Gasteiger partial charge in [-0.15, -0.1) is 0 Å². The van der Waals surface area contributed by atoms with Crippen molar-refractivity contribution in [2.24, 2.45) is 52.8 Å².